The molecule has 0 heterocycles. The van der Waals surface area contributed by atoms with E-state index < -0.39 is 12.0 Å². The molecule has 0 bridgehead atoms. The van der Waals surface area contributed by atoms with Gasteiger partial charge >= 0.3 is 12.0 Å². The average molecular weight is 417 g/mol. The molecular formula is C22H28N2O4S. The number of thioether (sulfide) groups is 1. The minimum Gasteiger partial charge on any atom is -0.459 e. The van der Waals surface area contributed by atoms with Gasteiger partial charge in [0.15, 0.2) is 0 Å². The highest BCUT2D eigenvalue weighted by atomic mass is 32.2. The van der Waals surface area contributed by atoms with Crippen molar-refractivity contribution >= 4 is 23.8 Å². The number of nitrogens with one attached hydrogen (secondary N) is 1. The summed E-state index contributed by atoms with van der Waals surface area (Å²) in [5, 5.41) is 12.1. The first kappa shape index (κ1) is 22.8. The summed E-state index contributed by atoms with van der Waals surface area (Å²) < 4.78 is 5.38. The van der Waals surface area contributed by atoms with Crippen molar-refractivity contribution in [3.8, 4) is 0 Å². The van der Waals surface area contributed by atoms with E-state index >= 15 is 0 Å². The van der Waals surface area contributed by atoms with Gasteiger partial charge in [0, 0.05) is 18.8 Å². The van der Waals surface area contributed by atoms with Crippen molar-refractivity contribution in [1.29, 1.82) is 0 Å². The molecule has 0 aliphatic heterocycles. The zero-order valence-corrected chi connectivity index (χ0v) is 17.4. The zero-order valence-electron chi connectivity index (χ0n) is 16.6. The quantitative estimate of drug-likeness (QED) is 0.551. The van der Waals surface area contributed by atoms with E-state index in [9.17, 15) is 14.7 Å². The van der Waals surface area contributed by atoms with Crippen LogP contribution in [0.25, 0.3) is 0 Å². The van der Waals surface area contributed by atoms with Crippen molar-refractivity contribution in [1.82, 2.24) is 10.2 Å². The Kier molecular flexibility index (Phi) is 10.1. The summed E-state index contributed by atoms with van der Waals surface area (Å²) in [6, 6.07) is 18.1. The van der Waals surface area contributed by atoms with Crippen LogP contribution in [-0.4, -0.2) is 59.8 Å². The van der Waals surface area contributed by atoms with E-state index in [4.69, 9.17) is 4.74 Å². The lowest BCUT2D eigenvalue weighted by atomic mass is 10.1. The molecule has 156 valence electrons. The Labute approximate surface area is 176 Å². The van der Waals surface area contributed by atoms with Gasteiger partial charge in [-0.1, -0.05) is 60.7 Å². The van der Waals surface area contributed by atoms with Crippen LogP contribution < -0.4 is 5.32 Å². The standard InChI is InChI=1S/C22H28N2O4S/c1-29-17-20(21(26)28-16-19-10-6-3-7-11-19)23-22(27)24(14-15-25)13-12-18-8-4-2-5-9-18/h2-11,20,25H,12-17H2,1H3,(H,23,27)/t20-/m0/s1. The van der Waals surface area contributed by atoms with Gasteiger partial charge in [0.1, 0.15) is 12.6 Å². The number of hydrogen-bond donors (Lipinski definition) is 2. The SMILES string of the molecule is CSC[C@H](NC(=O)N(CCO)CCc1ccccc1)C(=O)OCc1ccccc1. The summed E-state index contributed by atoms with van der Waals surface area (Å²) >= 11 is 1.45. The predicted octanol–water partition coefficient (Wildman–Crippen LogP) is 2.71. The average Bonchev–Trinajstić information content (AvgIpc) is 2.76. The minimum atomic E-state index is -0.751. The molecule has 0 radical (unpaired) electrons. The van der Waals surface area contributed by atoms with E-state index in [1.54, 1.807) is 0 Å². The van der Waals surface area contributed by atoms with Gasteiger partial charge in [-0.15, -0.1) is 0 Å². The Morgan fingerprint density at radius 1 is 1.03 bits per heavy atom. The summed E-state index contributed by atoms with van der Waals surface area (Å²) in [6.07, 6.45) is 2.53. The molecule has 2 N–H and O–H groups in total. The van der Waals surface area contributed by atoms with Crippen LogP contribution in [0.4, 0.5) is 4.79 Å². The number of aliphatic hydroxyl groups is 1. The van der Waals surface area contributed by atoms with Gasteiger partial charge in [-0.2, -0.15) is 11.8 Å². The molecule has 0 spiro atoms. The third-order valence-corrected chi connectivity index (χ3v) is 4.98. The van der Waals surface area contributed by atoms with Gasteiger partial charge in [-0.25, -0.2) is 9.59 Å². The summed E-state index contributed by atoms with van der Waals surface area (Å²) in [6.45, 7) is 0.661. The largest absolute Gasteiger partial charge is 0.459 e. The maximum absolute atomic E-state index is 12.7. The van der Waals surface area contributed by atoms with Crippen LogP contribution in [0.15, 0.2) is 60.7 Å². The van der Waals surface area contributed by atoms with Gasteiger partial charge in [0.05, 0.1) is 6.61 Å². The van der Waals surface area contributed by atoms with Crippen LogP contribution in [0.2, 0.25) is 0 Å². The monoisotopic (exact) mass is 416 g/mol. The van der Waals surface area contributed by atoms with Crippen molar-refractivity contribution in [3.05, 3.63) is 71.8 Å². The van der Waals surface area contributed by atoms with Gasteiger partial charge in [-0.3, -0.25) is 0 Å². The number of aliphatic hydroxyl groups excluding tert-OH is 1. The molecular weight excluding hydrogens is 388 g/mol. The van der Waals surface area contributed by atoms with E-state index in [1.165, 1.54) is 16.7 Å². The Bertz CT molecular complexity index is 743. The summed E-state index contributed by atoms with van der Waals surface area (Å²) in [5.74, 6) is -0.0612. The van der Waals surface area contributed by atoms with Crippen LogP contribution in [0.1, 0.15) is 11.1 Å². The number of carbonyl (C=O) groups excluding carboxylic acids is 2. The lowest BCUT2D eigenvalue weighted by Crippen LogP contribution is -2.50. The molecule has 0 unspecified atom stereocenters. The summed E-state index contributed by atoms with van der Waals surface area (Å²) in [5.41, 5.74) is 1.99. The van der Waals surface area contributed by atoms with Crippen LogP contribution in [0.3, 0.4) is 0 Å². The van der Waals surface area contributed by atoms with E-state index in [-0.39, 0.29) is 25.8 Å². The molecule has 0 aromatic heterocycles. The second-order valence-electron chi connectivity index (χ2n) is 6.50. The molecule has 0 aliphatic carbocycles. The molecule has 1 atom stereocenters. The van der Waals surface area contributed by atoms with E-state index in [2.05, 4.69) is 5.32 Å². The maximum atomic E-state index is 12.7. The summed E-state index contributed by atoms with van der Waals surface area (Å²) in [7, 11) is 0. The van der Waals surface area contributed by atoms with Crippen molar-refractivity contribution < 1.29 is 19.4 Å². The Hall–Kier alpha value is -2.51. The molecule has 0 saturated carbocycles. The molecule has 2 rings (SSSR count). The second kappa shape index (κ2) is 12.9. The number of hydrogen-bond acceptors (Lipinski definition) is 5. The molecule has 2 aromatic rings. The normalized spacial score (nSPS) is 11.5. The number of rotatable bonds is 11. The van der Waals surface area contributed by atoms with Gasteiger partial charge in [-0.05, 0) is 23.8 Å². The number of carbonyl (C=O) groups is 2. The molecule has 7 heteroatoms. The van der Waals surface area contributed by atoms with Crippen LogP contribution in [0, 0.1) is 0 Å². The summed E-state index contributed by atoms with van der Waals surface area (Å²) in [4.78, 5) is 26.7. The number of ether oxygens (including phenoxy) is 1. The lowest BCUT2D eigenvalue weighted by molar-refractivity contribution is -0.146. The van der Waals surface area contributed by atoms with Crippen molar-refractivity contribution in [2.75, 3.05) is 31.7 Å². The maximum Gasteiger partial charge on any atom is 0.329 e. The molecule has 6 nitrogen and oxygen atoms in total. The predicted molar refractivity (Wildman–Crippen MR) is 116 cm³/mol. The Balaban J connectivity index is 1.92. The third kappa shape index (κ3) is 8.17. The number of urea groups is 1. The van der Waals surface area contributed by atoms with E-state index in [0.717, 1.165) is 11.1 Å². The van der Waals surface area contributed by atoms with Crippen LogP contribution >= 0.6 is 11.8 Å². The Morgan fingerprint density at radius 2 is 1.66 bits per heavy atom. The van der Waals surface area contributed by atoms with Crippen LogP contribution in [-0.2, 0) is 22.6 Å². The third-order valence-electron chi connectivity index (χ3n) is 4.31. The van der Waals surface area contributed by atoms with E-state index in [1.807, 2.05) is 66.9 Å². The molecule has 2 amide bonds. The highest BCUT2D eigenvalue weighted by Crippen LogP contribution is 2.07. The number of esters is 1. The van der Waals surface area contributed by atoms with Gasteiger partial charge < -0.3 is 20.1 Å². The highest BCUT2D eigenvalue weighted by Gasteiger charge is 2.24. The zero-order chi connectivity index (χ0) is 20.9. The fraction of sp³-hybridized carbons (Fsp3) is 0.364. The van der Waals surface area contributed by atoms with Crippen molar-refractivity contribution in [3.63, 3.8) is 0 Å². The molecule has 0 saturated heterocycles. The number of amides is 2. The highest BCUT2D eigenvalue weighted by molar-refractivity contribution is 7.98. The Morgan fingerprint density at radius 3 is 2.24 bits per heavy atom. The van der Waals surface area contributed by atoms with Crippen molar-refractivity contribution in [2.45, 2.75) is 19.1 Å². The first-order valence-corrected chi connectivity index (χ1v) is 10.9. The molecule has 29 heavy (non-hydrogen) atoms. The lowest BCUT2D eigenvalue weighted by Gasteiger charge is -2.25. The number of nitrogens with zero attached hydrogens (tertiary/aromatic N) is 1. The molecule has 2 aromatic carbocycles. The second-order valence-corrected chi connectivity index (χ2v) is 7.41. The van der Waals surface area contributed by atoms with Gasteiger partial charge in [0.2, 0.25) is 0 Å². The fourth-order valence-corrected chi connectivity index (χ4v) is 3.30. The van der Waals surface area contributed by atoms with E-state index in [0.29, 0.717) is 18.7 Å². The smallest absolute Gasteiger partial charge is 0.329 e. The van der Waals surface area contributed by atoms with Crippen LogP contribution in [0.5, 0.6) is 0 Å². The van der Waals surface area contributed by atoms with Gasteiger partial charge in [0.25, 0.3) is 0 Å². The van der Waals surface area contributed by atoms with Crippen molar-refractivity contribution in [2.24, 2.45) is 0 Å². The first-order valence-electron chi connectivity index (χ1n) is 9.53. The molecule has 0 fully saturated rings. The fourth-order valence-electron chi connectivity index (χ4n) is 2.75. The first-order chi connectivity index (χ1) is 14.1. The molecule has 0 aliphatic rings. The topological polar surface area (TPSA) is 78.9 Å². The minimum absolute atomic E-state index is 0.145. The number of benzene rings is 2.